The number of likely N-dealkylation sites (tertiary alicyclic amines) is 1. The molecule has 7 heteroatoms. The van der Waals surface area contributed by atoms with Gasteiger partial charge in [0.15, 0.2) is 0 Å². The van der Waals surface area contributed by atoms with Crippen molar-refractivity contribution in [1.29, 1.82) is 0 Å². The highest BCUT2D eigenvalue weighted by molar-refractivity contribution is 6.06. The number of imide groups is 1. The van der Waals surface area contributed by atoms with Gasteiger partial charge < -0.3 is 19.7 Å². The van der Waals surface area contributed by atoms with Gasteiger partial charge in [0.1, 0.15) is 6.04 Å². The number of hydrogen-bond donors (Lipinski definition) is 1. The van der Waals surface area contributed by atoms with E-state index in [1.165, 1.54) is 4.90 Å². The van der Waals surface area contributed by atoms with Gasteiger partial charge in [-0.25, -0.2) is 0 Å². The van der Waals surface area contributed by atoms with Crippen LogP contribution in [0.4, 0.5) is 11.4 Å². The van der Waals surface area contributed by atoms with Crippen LogP contribution in [0.3, 0.4) is 0 Å². The van der Waals surface area contributed by atoms with Gasteiger partial charge in [-0.2, -0.15) is 0 Å². The lowest BCUT2D eigenvalue weighted by molar-refractivity contribution is -0.138. The fraction of sp³-hybridized carbons (Fsp3) is 0.600. The third-order valence-corrected chi connectivity index (χ3v) is 4.81. The smallest absolute Gasteiger partial charge is 0.252 e. The minimum absolute atomic E-state index is 0.119. The lowest BCUT2D eigenvalue weighted by Crippen LogP contribution is -2.36. The zero-order valence-electron chi connectivity index (χ0n) is 16.1. The Morgan fingerprint density at radius 1 is 1.19 bits per heavy atom. The Morgan fingerprint density at radius 2 is 1.89 bits per heavy atom. The van der Waals surface area contributed by atoms with Crippen LogP contribution in [0.25, 0.3) is 0 Å². The van der Waals surface area contributed by atoms with Gasteiger partial charge in [-0.05, 0) is 44.5 Å². The van der Waals surface area contributed by atoms with E-state index in [2.05, 4.69) is 10.2 Å². The maximum absolute atomic E-state index is 12.5. The molecule has 148 valence electrons. The van der Waals surface area contributed by atoms with Gasteiger partial charge in [0.25, 0.3) is 5.91 Å². The van der Waals surface area contributed by atoms with E-state index in [0.717, 1.165) is 37.7 Å². The Labute approximate surface area is 160 Å². The van der Waals surface area contributed by atoms with Gasteiger partial charge >= 0.3 is 0 Å². The lowest BCUT2D eigenvalue weighted by atomic mass is 10.2. The Hall–Kier alpha value is -2.12. The van der Waals surface area contributed by atoms with Crippen LogP contribution in [-0.2, 0) is 19.1 Å². The van der Waals surface area contributed by atoms with Gasteiger partial charge in [-0.1, -0.05) is 0 Å². The number of morpholine rings is 1. The van der Waals surface area contributed by atoms with Gasteiger partial charge in [0.2, 0.25) is 5.91 Å². The molecule has 2 heterocycles. The molecule has 2 fully saturated rings. The van der Waals surface area contributed by atoms with Crippen molar-refractivity contribution in [2.75, 3.05) is 49.7 Å². The number of carbonyl (C=O) groups is 2. The molecule has 7 nitrogen and oxygen atoms in total. The molecule has 1 atom stereocenters. The number of benzene rings is 1. The van der Waals surface area contributed by atoms with E-state index in [4.69, 9.17) is 9.47 Å². The molecule has 0 aromatic heterocycles. The van der Waals surface area contributed by atoms with Crippen LogP contribution in [0.15, 0.2) is 24.3 Å². The Balaban J connectivity index is 1.51. The summed E-state index contributed by atoms with van der Waals surface area (Å²) < 4.78 is 10.9. The highest BCUT2D eigenvalue weighted by atomic mass is 16.5. The molecule has 2 amide bonds. The Morgan fingerprint density at radius 3 is 2.56 bits per heavy atom. The zero-order valence-corrected chi connectivity index (χ0v) is 16.1. The fourth-order valence-corrected chi connectivity index (χ4v) is 3.36. The highest BCUT2D eigenvalue weighted by Gasteiger charge is 2.38. The molecule has 2 aliphatic rings. The number of amides is 2. The van der Waals surface area contributed by atoms with E-state index in [9.17, 15) is 9.59 Å². The van der Waals surface area contributed by atoms with E-state index in [-0.39, 0.29) is 24.3 Å². The summed E-state index contributed by atoms with van der Waals surface area (Å²) in [5.41, 5.74) is 1.99. The van der Waals surface area contributed by atoms with Crippen molar-refractivity contribution in [2.45, 2.75) is 38.8 Å². The number of carbonyl (C=O) groups excluding carboxylic acids is 2. The van der Waals surface area contributed by atoms with Crippen LogP contribution in [-0.4, -0.2) is 68.3 Å². The second-order valence-electron chi connectivity index (χ2n) is 7.20. The summed E-state index contributed by atoms with van der Waals surface area (Å²) in [6.07, 6.45) is 1.02. The van der Waals surface area contributed by atoms with Crippen LogP contribution in [0.1, 0.15) is 26.7 Å². The van der Waals surface area contributed by atoms with Crippen molar-refractivity contribution in [2.24, 2.45) is 0 Å². The molecule has 0 unspecified atom stereocenters. The standard InChI is InChI=1S/C20H29N3O4/c1-15(2)27-11-3-8-23-19(24)14-18(20(23)25)21-16-4-6-17(7-5-16)22-9-12-26-13-10-22/h4-7,15,18,21H,3,8-14H2,1-2H3/t18-/m0/s1. The second-order valence-corrected chi connectivity index (χ2v) is 7.20. The largest absolute Gasteiger partial charge is 0.379 e. The number of nitrogens with zero attached hydrogens (tertiary/aromatic N) is 2. The third kappa shape index (κ3) is 5.20. The molecule has 0 bridgehead atoms. The van der Waals surface area contributed by atoms with Crippen molar-refractivity contribution in [1.82, 2.24) is 4.90 Å². The van der Waals surface area contributed by atoms with Gasteiger partial charge in [0, 0.05) is 37.6 Å². The van der Waals surface area contributed by atoms with Crippen LogP contribution < -0.4 is 10.2 Å². The molecule has 3 rings (SSSR count). The summed E-state index contributed by atoms with van der Waals surface area (Å²) >= 11 is 0. The van der Waals surface area contributed by atoms with Crippen molar-refractivity contribution < 1.29 is 19.1 Å². The summed E-state index contributed by atoms with van der Waals surface area (Å²) in [5.74, 6) is -0.270. The fourth-order valence-electron chi connectivity index (χ4n) is 3.36. The average Bonchev–Trinajstić information content (AvgIpc) is 2.93. The minimum Gasteiger partial charge on any atom is -0.379 e. The molecule has 1 aromatic rings. The summed E-state index contributed by atoms with van der Waals surface area (Å²) in [5, 5.41) is 3.20. The third-order valence-electron chi connectivity index (χ3n) is 4.81. The van der Waals surface area contributed by atoms with E-state index in [0.29, 0.717) is 19.6 Å². The van der Waals surface area contributed by atoms with Crippen LogP contribution >= 0.6 is 0 Å². The first kappa shape index (κ1) is 19.6. The predicted molar refractivity (Wildman–Crippen MR) is 104 cm³/mol. The minimum atomic E-state index is -0.488. The molecule has 0 radical (unpaired) electrons. The molecule has 1 N–H and O–H groups in total. The molecule has 27 heavy (non-hydrogen) atoms. The zero-order chi connectivity index (χ0) is 19.2. The van der Waals surface area contributed by atoms with Crippen LogP contribution in [0.5, 0.6) is 0 Å². The first-order valence-electron chi connectivity index (χ1n) is 9.69. The SMILES string of the molecule is CC(C)OCCCN1C(=O)C[C@H](Nc2ccc(N3CCOCC3)cc2)C1=O. The van der Waals surface area contributed by atoms with E-state index in [1.54, 1.807) is 0 Å². The quantitative estimate of drug-likeness (QED) is 0.553. The second kappa shape index (κ2) is 9.19. The molecular weight excluding hydrogens is 346 g/mol. The summed E-state index contributed by atoms with van der Waals surface area (Å²) in [6, 6.07) is 7.51. The number of nitrogens with one attached hydrogen (secondary N) is 1. The maximum atomic E-state index is 12.5. The molecule has 0 saturated carbocycles. The number of anilines is 2. The van der Waals surface area contributed by atoms with Crippen molar-refractivity contribution in [3.8, 4) is 0 Å². The average molecular weight is 375 g/mol. The van der Waals surface area contributed by atoms with E-state index >= 15 is 0 Å². The number of hydrogen-bond acceptors (Lipinski definition) is 6. The first-order chi connectivity index (χ1) is 13.0. The van der Waals surface area contributed by atoms with Crippen molar-refractivity contribution >= 4 is 23.2 Å². The molecule has 1 aromatic carbocycles. The topological polar surface area (TPSA) is 71.1 Å². The molecular formula is C20H29N3O4. The monoisotopic (exact) mass is 375 g/mol. The lowest BCUT2D eigenvalue weighted by Gasteiger charge is -2.29. The van der Waals surface area contributed by atoms with Crippen molar-refractivity contribution in [3.05, 3.63) is 24.3 Å². The summed E-state index contributed by atoms with van der Waals surface area (Å²) in [7, 11) is 0. The van der Waals surface area contributed by atoms with Gasteiger partial charge in [-0.15, -0.1) is 0 Å². The van der Waals surface area contributed by atoms with Gasteiger partial charge in [0.05, 0.1) is 25.7 Å². The summed E-state index contributed by atoms with van der Waals surface area (Å²) in [4.78, 5) is 28.3. The highest BCUT2D eigenvalue weighted by Crippen LogP contribution is 2.22. The van der Waals surface area contributed by atoms with Crippen molar-refractivity contribution in [3.63, 3.8) is 0 Å². The normalized spacial score (nSPS) is 20.6. The molecule has 2 saturated heterocycles. The van der Waals surface area contributed by atoms with Crippen LogP contribution in [0, 0.1) is 0 Å². The van der Waals surface area contributed by atoms with Gasteiger partial charge in [-0.3, -0.25) is 14.5 Å². The number of ether oxygens (including phenoxy) is 2. The van der Waals surface area contributed by atoms with E-state index < -0.39 is 6.04 Å². The maximum Gasteiger partial charge on any atom is 0.252 e. The molecule has 2 aliphatic heterocycles. The predicted octanol–water partition coefficient (Wildman–Crippen LogP) is 1.88. The number of rotatable bonds is 8. The Kier molecular flexibility index (Phi) is 6.68. The molecule has 0 aliphatic carbocycles. The molecule has 0 spiro atoms. The van der Waals surface area contributed by atoms with Crippen LogP contribution in [0.2, 0.25) is 0 Å². The first-order valence-corrected chi connectivity index (χ1v) is 9.69. The Bertz CT molecular complexity index is 641. The summed E-state index contributed by atoms with van der Waals surface area (Å²) in [6.45, 7) is 8.17. The van der Waals surface area contributed by atoms with E-state index in [1.807, 2.05) is 38.1 Å².